The van der Waals surface area contributed by atoms with E-state index in [4.69, 9.17) is 9.84 Å². The SMILES string of the molecule is COc1ccc(C(O)CCC(=O)O)cc1[N+](=O)[O-]. The van der Waals surface area contributed by atoms with Gasteiger partial charge in [0.05, 0.1) is 18.1 Å². The number of aliphatic hydroxyl groups is 1. The molecule has 0 radical (unpaired) electrons. The molecule has 0 aliphatic heterocycles. The Kier molecular flexibility index (Phi) is 4.61. The molecule has 0 saturated heterocycles. The summed E-state index contributed by atoms with van der Waals surface area (Å²) >= 11 is 0. The Hall–Kier alpha value is -2.15. The lowest BCUT2D eigenvalue weighted by atomic mass is 10.0. The van der Waals surface area contributed by atoms with Crippen LogP contribution in [-0.4, -0.2) is 28.2 Å². The average molecular weight is 255 g/mol. The molecule has 0 aliphatic carbocycles. The summed E-state index contributed by atoms with van der Waals surface area (Å²) in [7, 11) is 1.31. The van der Waals surface area contributed by atoms with Gasteiger partial charge in [0.15, 0.2) is 5.75 Å². The number of hydrogen-bond acceptors (Lipinski definition) is 5. The summed E-state index contributed by atoms with van der Waals surface area (Å²) in [6.07, 6.45) is -1.26. The van der Waals surface area contributed by atoms with Crippen LogP contribution in [0.2, 0.25) is 0 Å². The van der Waals surface area contributed by atoms with Crippen LogP contribution in [-0.2, 0) is 4.79 Å². The Bertz CT molecular complexity index is 459. The number of nitrogens with zero attached hydrogens (tertiary/aromatic N) is 1. The van der Waals surface area contributed by atoms with Crippen LogP contribution in [0.25, 0.3) is 0 Å². The second-order valence-electron chi connectivity index (χ2n) is 3.64. The highest BCUT2D eigenvalue weighted by molar-refractivity contribution is 5.66. The molecule has 98 valence electrons. The van der Waals surface area contributed by atoms with E-state index >= 15 is 0 Å². The first-order chi connectivity index (χ1) is 8.45. The molecule has 7 nitrogen and oxygen atoms in total. The summed E-state index contributed by atoms with van der Waals surface area (Å²) in [6, 6.07) is 4.03. The van der Waals surface area contributed by atoms with Gasteiger partial charge in [0.25, 0.3) is 0 Å². The molecule has 1 rings (SSSR count). The maximum absolute atomic E-state index is 10.8. The van der Waals surface area contributed by atoms with Gasteiger partial charge in [0.2, 0.25) is 0 Å². The third-order valence-electron chi connectivity index (χ3n) is 2.42. The molecule has 0 aromatic heterocycles. The van der Waals surface area contributed by atoms with Crippen molar-refractivity contribution in [1.29, 1.82) is 0 Å². The maximum atomic E-state index is 10.8. The summed E-state index contributed by atoms with van der Waals surface area (Å²) in [4.78, 5) is 20.5. The van der Waals surface area contributed by atoms with Crippen LogP contribution < -0.4 is 4.74 Å². The van der Waals surface area contributed by atoms with Crippen molar-refractivity contribution in [2.24, 2.45) is 0 Å². The Balaban J connectivity index is 2.93. The number of carboxylic acid groups (broad SMARTS) is 1. The summed E-state index contributed by atoms with van der Waals surface area (Å²) < 4.78 is 4.82. The molecule has 0 saturated carbocycles. The molecule has 18 heavy (non-hydrogen) atoms. The number of hydrogen-bond donors (Lipinski definition) is 2. The smallest absolute Gasteiger partial charge is 0.311 e. The second-order valence-corrected chi connectivity index (χ2v) is 3.64. The Labute approximate surface area is 103 Å². The Morgan fingerprint density at radius 1 is 1.56 bits per heavy atom. The van der Waals surface area contributed by atoms with E-state index in [1.807, 2.05) is 0 Å². The van der Waals surface area contributed by atoms with E-state index in [0.29, 0.717) is 5.56 Å². The van der Waals surface area contributed by atoms with Crippen molar-refractivity contribution in [1.82, 2.24) is 0 Å². The first-order valence-corrected chi connectivity index (χ1v) is 5.18. The van der Waals surface area contributed by atoms with Crippen molar-refractivity contribution in [3.63, 3.8) is 0 Å². The monoisotopic (exact) mass is 255 g/mol. The summed E-state index contributed by atoms with van der Waals surface area (Å²) in [5.74, 6) is -0.939. The number of nitro benzene ring substituents is 1. The molecule has 0 spiro atoms. The fourth-order valence-electron chi connectivity index (χ4n) is 1.48. The first-order valence-electron chi connectivity index (χ1n) is 5.18. The van der Waals surface area contributed by atoms with Crippen molar-refractivity contribution >= 4 is 11.7 Å². The van der Waals surface area contributed by atoms with Crippen molar-refractivity contribution in [2.75, 3.05) is 7.11 Å². The highest BCUT2D eigenvalue weighted by atomic mass is 16.6. The minimum atomic E-state index is -1.05. The van der Waals surface area contributed by atoms with Crippen LogP contribution in [0.15, 0.2) is 18.2 Å². The van der Waals surface area contributed by atoms with Gasteiger partial charge in [-0.1, -0.05) is 6.07 Å². The van der Waals surface area contributed by atoms with Gasteiger partial charge in [0.1, 0.15) is 0 Å². The van der Waals surface area contributed by atoms with E-state index in [9.17, 15) is 20.0 Å². The summed E-state index contributed by atoms with van der Waals surface area (Å²) in [5.41, 5.74) is 0.0353. The third-order valence-corrected chi connectivity index (χ3v) is 2.42. The van der Waals surface area contributed by atoms with Gasteiger partial charge < -0.3 is 14.9 Å². The lowest BCUT2D eigenvalue weighted by molar-refractivity contribution is -0.385. The molecule has 7 heteroatoms. The topological polar surface area (TPSA) is 110 Å². The zero-order valence-electron chi connectivity index (χ0n) is 9.70. The number of methoxy groups -OCH3 is 1. The fraction of sp³-hybridized carbons (Fsp3) is 0.364. The molecule has 0 amide bonds. The number of ether oxygens (including phenoxy) is 1. The van der Waals surface area contributed by atoms with E-state index in [0.717, 1.165) is 0 Å². The number of nitro groups is 1. The molecule has 0 fully saturated rings. The number of carbonyl (C=O) groups is 1. The van der Waals surface area contributed by atoms with Crippen LogP contribution in [0.3, 0.4) is 0 Å². The predicted molar refractivity (Wildman–Crippen MR) is 61.5 cm³/mol. The zero-order valence-corrected chi connectivity index (χ0v) is 9.70. The van der Waals surface area contributed by atoms with Crippen LogP contribution in [0.1, 0.15) is 24.5 Å². The lowest BCUT2D eigenvalue weighted by Gasteiger charge is -2.10. The molecular formula is C11H13NO6. The highest BCUT2D eigenvalue weighted by Crippen LogP contribution is 2.30. The van der Waals surface area contributed by atoms with Crippen molar-refractivity contribution in [3.8, 4) is 5.75 Å². The second kappa shape index (κ2) is 5.97. The normalized spacial score (nSPS) is 11.9. The van der Waals surface area contributed by atoms with Crippen LogP contribution >= 0.6 is 0 Å². The quantitative estimate of drug-likeness (QED) is 0.588. The van der Waals surface area contributed by atoms with Crippen molar-refractivity contribution < 1.29 is 24.7 Å². The molecule has 0 bridgehead atoms. The van der Waals surface area contributed by atoms with Gasteiger partial charge in [-0.25, -0.2) is 0 Å². The fourth-order valence-corrected chi connectivity index (χ4v) is 1.48. The summed E-state index contributed by atoms with van der Waals surface area (Å²) in [6.45, 7) is 0. The minimum absolute atomic E-state index is 0.00117. The highest BCUT2D eigenvalue weighted by Gasteiger charge is 2.18. The molecule has 0 heterocycles. The van der Waals surface area contributed by atoms with Gasteiger partial charge >= 0.3 is 11.7 Å². The van der Waals surface area contributed by atoms with Crippen molar-refractivity contribution in [2.45, 2.75) is 18.9 Å². The molecule has 1 aromatic carbocycles. The summed E-state index contributed by atoms with van der Waals surface area (Å²) in [5, 5.41) is 29.0. The van der Waals surface area contributed by atoms with Crippen LogP contribution in [0.5, 0.6) is 5.75 Å². The largest absolute Gasteiger partial charge is 0.490 e. The first kappa shape index (κ1) is 13.9. The van der Waals surface area contributed by atoms with E-state index in [-0.39, 0.29) is 24.3 Å². The molecular weight excluding hydrogens is 242 g/mol. The van der Waals surface area contributed by atoms with E-state index < -0.39 is 17.0 Å². The van der Waals surface area contributed by atoms with E-state index in [1.165, 1.54) is 25.3 Å². The third kappa shape index (κ3) is 3.42. The lowest BCUT2D eigenvalue weighted by Crippen LogP contribution is -2.03. The number of aliphatic hydroxyl groups excluding tert-OH is 1. The Morgan fingerprint density at radius 2 is 2.22 bits per heavy atom. The molecule has 1 atom stereocenters. The Morgan fingerprint density at radius 3 is 2.72 bits per heavy atom. The minimum Gasteiger partial charge on any atom is -0.490 e. The van der Waals surface area contributed by atoms with E-state index in [2.05, 4.69) is 0 Å². The number of aliphatic carboxylic acids is 1. The molecule has 2 N–H and O–H groups in total. The zero-order chi connectivity index (χ0) is 13.7. The molecule has 1 aromatic rings. The number of rotatable bonds is 6. The average Bonchev–Trinajstić information content (AvgIpc) is 2.34. The molecule has 1 unspecified atom stereocenters. The van der Waals surface area contributed by atoms with Gasteiger partial charge in [-0.3, -0.25) is 14.9 Å². The van der Waals surface area contributed by atoms with Gasteiger partial charge in [0, 0.05) is 12.5 Å². The standard InChI is InChI=1S/C11H13NO6/c1-18-10-4-2-7(6-8(10)12(16)17)9(13)3-5-11(14)15/h2,4,6,9,13H,3,5H2,1H3,(H,14,15). The molecule has 0 aliphatic rings. The maximum Gasteiger partial charge on any atom is 0.311 e. The van der Waals surface area contributed by atoms with Gasteiger partial charge in [-0.2, -0.15) is 0 Å². The van der Waals surface area contributed by atoms with Crippen LogP contribution in [0, 0.1) is 10.1 Å². The van der Waals surface area contributed by atoms with E-state index in [1.54, 1.807) is 0 Å². The van der Waals surface area contributed by atoms with Gasteiger partial charge in [-0.15, -0.1) is 0 Å². The van der Waals surface area contributed by atoms with Crippen LogP contribution in [0.4, 0.5) is 5.69 Å². The van der Waals surface area contributed by atoms with Crippen molar-refractivity contribution in [3.05, 3.63) is 33.9 Å². The predicted octanol–water partition coefficient (Wildman–Crippen LogP) is 1.50. The number of carboxylic acids is 1. The number of benzene rings is 1. The van der Waals surface area contributed by atoms with Gasteiger partial charge in [-0.05, 0) is 18.1 Å².